The topological polar surface area (TPSA) is 37.4 Å². The lowest BCUT2D eigenvalue weighted by atomic mass is 10.1. The van der Waals surface area contributed by atoms with Gasteiger partial charge in [-0.25, -0.2) is 8.42 Å². The molecule has 0 aromatic heterocycles. The molecule has 2 fully saturated rings. The van der Waals surface area contributed by atoms with Crippen LogP contribution in [-0.4, -0.2) is 29.6 Å². The summed E-state index contributed by atoms with van der Waals surface area (Å²) in [4.78, 5) is 0.638. The maximum absolute atomic E-state index is 12.9. The molecule has 0 aliphatic carbocycles. The lowest BCUT2D eigenvalue weighted by molar-refractivity contribution is 0.255. The molecule has 2 aliphatic rings. The van der Waals surface area contributed by atoms with Crippen molar-refractivity contribution in [1.82, 2.24) is 4.31 Å². The van der Waals surface area contributed by atoms with Crippen LogP contribution in [0.2, 0.25) is 5.02 Å². The van der Waals surface area contributed by atoms with Crippen LogP contribution in [-0.2, 0) is 10.0 Å². The van der Waals surface area contributed by atoms with Crippen LogP contribution in [0.1, 0.15) is 25.7 Å². The summed E-state index contributed by atoms with van der Waals surface area (Å²) in [6.45, 7) is 0. The van der Waals surface area contributed by atoms with Gasteiger partial charge in [-0.2, -0.15) is 4.31 Å². The molecule has 2 heterocycles. The van der Waals surface area contributed by atoms with E-state index in [4.69, 9.17) is 11.6 Å². The first-order chi connectivity index (χ1) is 9.39. The smallest absolute Gasteiger partial charge is 0.207 e. The van der Waals surface area contributed by atoms with Crippen LogP contribution in [0.15, 0.2) is 27.6 Å². The summed E-state index contributed by atoms with van der Waals surface area (Å²) in [5, 5.41) is 0.278. The van der Waals surface area contributed by atoms with Gasteiger partial charge in [-0.05, 0) is 43.9 Å². The number of benzene rings is 1. The largest absolute Gasteiger partial charge is 0.245 e. The van der Waals surface area contributed by atoms with Gasteiger partial charge in [-0.1, -0.05) is 43.5 Å². The summed E-state index contributed by atoms with van der Waals surface area (Å²) >= 11 is 13.1. The Morgan fingerprint density at radius 1 is 1.20 bits per heavy atom. The summed E-state index contributed by atoms with van der Waals surface area (Å²) in [5.41, 5.74) is 0. The first-order valence-electron chi connectivity index (χ1n) is 6.52. The van der Waals surface area contributed by atoms with E-state index in [1.54, 1.807) is 22.5 Å². The fourth-order valence-corrected chi connectivity index (χ4v) is 7.03. The van der Waals surface area contributed by atoms with Crippen molar-refractivity contribution >= 4 is 53.5 Å². The molecule has 0 spiro atoms. The van der Waals surface area contributed by atoms with Gasteiger partial charge in [-0.15, -0.1) is 0 Å². The number of sulfonamides is 1. The third-order valence-electron chi connectivity index (χ3n) is 4.06. The van der Waals surface area contributed by atoms with E-state index in [1.165, 1.54) is 0 Å². The zero-order chi connectivity index (χ0) is 14.5. The zero-order valence-corrected chi connectivity index (χ0v) is 15.3. The highest BCUT2D eigenvalue weighted by atomic mass is 79.9. The van der Waals surface area contributed by atoms with E-state index < -0.39 is 10.0 Å². The third-order valence-corrected chi connectivity index (χ3v) is 7.79. The van der Waals surface area contributed by atoms with Gasteiger partial charge in [0.1, 0.15) is 4.90 Å². The molecule has 110 valence electrons. The lowest BCUT2D eigenvalue weighted by Crippen LogP contribution is -2.46. The monoisotopic (exact) mass is 441 g/mol. The Morgan fingerprint density at radius 3 is 2.35 bits per heavy atom. The Kier molecular flexibility index (Phi) is 4.23. The highest BCUT2D eigenvalue weighted by Gasteiger charge is 2.47. The van der Waals surface area contributed by atoms with Crippen molar-refractivity contribution in [2.24, 2.45) is 0 Å². The SMILES string of the molecule is O=S(=O)(c1ccc(Br)cc1Cl)N1C2CCC1CC(Br)C2. The molecule has 0 N–H and O–H groups in total. The molecule has 3 nitrogen and oxygen atoms in total. The van der Waals surface area contributed by atoms with Gasteiger partial charge in [0, 0.05) is 21.4 Å². The highest BCUT2D eigenvalue weighted by Crippen LogP contribution is 2.42. The molecular weight excluding hydrogens is 429 g/mol. The molecule has 1 aromatic rings. The number of hydrogen-bond acceptors (Lipinski definition) is 2. The Bertz CT molecular complexity index is 623. The van der Waals surface area contributed by atoms with Crippen molar-refractivity contribution in [3.63, 3.8) is 0 Å². The molecule has 1 aromatic carbocycles. The molecule has 20 heavy (non-hydrogen) atoms. The summed E-state index contributed by atoms with van der Waals surface area (Å²) in [7, 11) is -3.51. The van der Waals surface area contributed by atoms with Crippen molar-refractivity contribution in [2.45, 2.75) is 47.5 Å². The number of fused-ring (bicyclic) bond motifs is 2. The van der Waals surface area contributed by atoms with Gasteiger partial charge in [0.05, 0.1) is 5.02 Å². The maximum atomic E-state index is 12.9. The highest BCUT2D eigenvalue weighted by molar-refractivity contribution is 9.10. The van der Waals surface area contributed by atoms with Crippen molar-refractivity contribution in [2.75, 3.05) is 0 Å². The minimum atomic E-state index is -3.51. The average molecular weight is 444 g/mol. The molecule has 0 amide bonds. The standard InChI is InChI=1S/C13H14Br2ClNO2S/c14-8-1-4-13(12(16)7-8)20(18,19)17-10-2-3-11(17)6-9(15)5-10/h1,4,7,9-11H,2-3,5-6H2. The Balaban J connectivity index is 2.01. The van der Waals surface area contributed by atoms with Gasteiger partial charge >= 0.3 is 0 Å². The van der Waals surface area contributed by atoms with E-state index in [0.717, 1.165) is 30.2 Å². The van der Waals surface area contributed by atoms with Crippen LogP contribution in [0.5, 0.6) is 0 Å². The fourth-order valence-electron chi connectivity index (χ4n) is 3.26. The predicted molar refractivity (Wildman–Crippen MR) is 86.9 cm³/mol. The minimum Gasteiger partial charge on any atom is -0.207 e. The van der Waals surface area contributed by atoms with Crippen LogP contribution in [0.3, 0.4) is 0 Å². The van der Waals surface area contributed by atoms with Crippen LogP contribution in [0.4, 0.5) is 0 Å². The summed E-state index contributed by atoms with van der Waals surface area (Å²) < 4.78 is 28.3. The second-order valence-electron chi connectivity index (χ2n) is 5.36. The summed E-state index contributed by atoms with van der Waals surface area (Å²) in [5.74, 6) is 0. The first-order valence-corrected chi connectivity index (χ1v) is 10.0. The van der Waals surface area contributed by atoms with Gasteiger partial charge < -0.3 is 0 Å². The van der Waals surface area contributed by atoms with Crippen LogP contribution < -0.4 is 0 Å². The van der Waals surface area contributed by atoms with Gasteiger partial charge in [-0.3, -0.25) is 0 Å². The number of rotatable bonds is 2. The van der Waals surface area contributed by atoms with Gasteiger partial charge in [0.15, 0.2) is 0 Å². The van der Waals surface area contributed by atoms with Crippen molar-refractivity contribution in [1.29, 1.82) is 0 Å². The van der Waals surface area contributed by atoms with Crippen LogP contribution in [0, 0.1) is 0 Å². The van der Waals surface area contributed by atoms with E-state index in [0.29, 0.717) is 4.83 Å². The number of alkyl halides is 1. The molecule has 2 unspecified atom stereocenters. The summed E-state index contributed by atoms with van der Waals surface area (Å²) in [6.07, 6.45) is 3.65. The Hall–Kier alpha value is 0.380. The average Bonchev–Trinajstić information content (AvgIpc) is 2.62. The van der Waals surface area contributed by atoms with E-state index in [2.05, 4.69) is 31.9 Å². The van der Waals surface area contributed by atoms with Crippen LogP contribution in [0.25, 0.3) is 0 Å². The molecule has 2 saturated heterocycles. The predicted octanol–water partition coefficient (Wildman–Crippen LogP) is 4.18. The number of nitrogens with zero attached hydrogens (tertiary/aromatic N) is 1. The third kappa shape index (κ3) is 2.58. The first kappa shape index (κ1) is 15.3. The van der Waals surface area contributed by atoms with E-state index >= 15 is 0 Å². The number of halogens is 3. The molecule has 2 bridgehead atoms. The number of piperidine rings is 1. The Labute approximate surface area is 141 Å². The van der Waals surface area contributed by atoms with E-state index in [-0.39, 0.29) is 22.0 Å². The normalized spacial score (nSPS) is 30.6. The van der Waals surface area contributed by atoms with Crippen molar-refractivity contribution in [3.05, 3.63) is 27.7 Å². The van der Waals surface area contributed by atoms with Crippen LogP contribution >= 0.6 is 43.5 Å². The molecule has 2 atom stereocenters. The zero-order valence-electron chi connectivity index (χ0n) is 10.6. The fraction of sp³-hybridized carbons (Fsp3) is 0.538. The van der Waals surface area contributed by atoms with Gasteiger partial charge in [0.2, 0.25) is 10.0 Å². The second kappa shape index (κ2) is 5.54. The quantitative estimate of drug-likeness (QED) is 0.643. The van der Waals surface area contributed by atoms with E-state index in [1.807, 2.05) is 0 Å². The molecule has 2 aliphatic heterocycles. The maximum Gasteiger partial charge on any atom is 0.245 e. The molecule has 3 rings (SSSR count). The van der Waals surface area contributed by atoms with Crippen molar-refractivity contribution < 1.29 is 8.42 Å². The molecular formula is C13H14Br2ClNO2S. The van der Waals surface area contributed by atoms with Gasteiger partial charge in [0.25, 0.3) is 0 Å². The Morgan fingerprint density at radius 2 is 1.80 bits per heavy atom. The molecule has 0 saturated carbocycles. The lowest BCUT2D eigenvalue weighted by Gasteiger charge is -2.36. The molecule has 0 radical (unpaired) electrons. The molecule has 7 heteroatoms. The van der Waals surface area contributed by atoms with E-state index in [9.17, 15) is 8.42 Å². The number of hydrogen-bond donors (Lipinski definition) is 0. The summed E-state index contributed by atoms with van der Waals surface area (Å²) in [6, 6.07) is 5.14. The minimum absolute atomic E-state index is 0.0999. The van der Waals surface area contributed by atoms with Crippen molar-refractivity contribution in [3.8, 4) is 0 Å². The second-order valence-corrected chi connectivity index (χ2v) is 9.79.